The van der Waals surface area contributed by atoms with Crippen LogP contribution in [-0.4, -0.2) is 21.7 Å². The molecule has 1 unspecified atom stereocenters. The van der Waals surface area contributed by atoms with Gasteiger partial charge in [0.1, 0.15) is 11.9 Å². The lowest BCUT2D eigenvalue weighted by Crippen LogP contribution is -2.02. The van der Waals surface area contributed by atoms with Crippen LogP contribution in [0.1, 0.15) is 18.9 Å². The minimum absolute atomic E-state index is 0.202. The monoisotopic (exact) mass is 195 g/mol. The van der Waals surface area contributed by atoms with Crippen LogP contribution >= 0.6 is 0 Å². The maximum absolute atomic E-state index is 12.9. The van der Waals surface area contributed by atoms with Crippen molar-refractivity contribution in [2.45, 2.75) is 13.0 Å². The van der Waals surface area contributed by atoms with Gasteiger partial charge < -0.3 is 4.74 Å². The van der Waals surface area contributed by atoms with Crippen LogP contribution in [0.3, 0.4) is 0 Å². The molecule has 4 nitrogen and oxygen atoms in total. The molecule has 0 N–H and O–H groups in total. The van der Waals surface area contributed by atoms with E-state index in [4.69, 9.17) is 4.74 Å². The first-order valence-corrected chi connectivity index (χ1v) is 4.25. The summed E-state index contributed by atoms with van der Waals surface area (Å²) in [5.41, 5.74) is 0.616. The van der Waals surface area contributed by atoms with E-state index in [0.717, 1.165) is 0 Å². The van der Waals surface area contributed by atoms with Gasteiger partial charge in [-0.1, -0.05) is 0 Å². The summed E-state index contributed by atoms with van der Waals surface area (Å²) in [4.78, 5) is 0. The molecule has 74 valence electrons. The fourth-order valence-electron chi connectivity index (χ4n) is 1.27. The quantitative estimate of drug-likeness (QED) is 0.730. The Balaban J connectivity index is 2.61. The maximum atomic E-state index is 12.9. The van der Waals surface area contributed by atoms with Gasteiger partial charge in [0.05, 0.1) is 0 Å². The lowest BCUT2D eigenvalue weighted by atomic mass is 10.3. The summed E-state index contributed by atoms with van der Waals surface area (Å²) in [5.74, 6) is 0.281. The number of fused-ring (bicyclic) bond motifs is 1. The Bertz CT molecular complexity index is 454. The van der Waals surface area contributed by atoms with Crippen molar-refractivity contribution >= 4 is 5.65 Å². The van der Waals surface area contributed by atoms with Gasteiger partial charge >= 0.3 is 0 Å². The molecule has 0 radical (unpaired) electrons. The van der Waals surface area contributed by atoms with E-state index in [-0.39, 0.29) is 11.9 Å². The normalized spacial score (nSPS) is 13.4. The molecule has 5 heteroatoms. The molecule has 0 aliphatic carbocycles. The van der Waals surface area contributed by atoms with Crippen LogP contribution < -0.4 is 0 Å². The van der Waals surface area contributed by atoms with Gasteiger partial charge in [0, 0.05) is 13.3 Å². The highest BCUT2D eigenvalue weighted by molar-refractivity contribution is 5.37. The molecule has 0 aliphatic rings. The molecule has 1 atom stereocenters. The molecular formula is C9H10FN3O. The molecule has 0 aromatic carbocycles. The number of hydrogen-bond acceptors (Lipinski definition) is 3. The average molecular weight is 195 g/mol. The maximum Gasteiger partial charge on any atom is 0.166 e. The number of nitrogens with zero attached hydrogens (tertiary/aromatic N) is 3. The zero-order chi connectivity index (χ0) is 10.1. The lowest BCUT2D eigenvalue weighted by molar-refractivity contribution is 0.111. The van der Waals surface area contributed by atoms with E-state index >= 15 is 0 Å². The molecule has 14 heavy (non-hydrogen) atoms. The summed E-state index contributed by atoms with van der Waals surface area (Å²) in [6.07, 6.45) is 1.15. The third kappa shape index (κ3) is 1.35. The standard InChI is InChI=1S/C9H10FN3O/c1-6(14-2)9-12-11-8-4-3-7(10)5-13(8)9/h3-6H,1-2H3. The smallest absolute Gasteiger partial charge is 0.166 e. The largest absolute Gasteiger partial charge is 0.374 e. The van der Waals surface area contributed by atoms with Crippen molar-refractivity contribution < 1.29 is 9.13 Å². The fourth-order valence-corrected chi connectivity index (χ4v) is 1.27. The summed E-state index contributed by atoms with van der Waals surface area (Å²) >= 11 is 0. The van der Waals surface area contributed by atoms with E-state index < -0.39 is 0 Å². The van der Waals surface area contributed by atoms with Crippen molar-refractivity contribution in [2.75, 3.05) is 7.11 Å². The molecule has 2 rings (SSSR count). The molecule has 0 amide bonds. The predicted octanol–water partition coefficient (Wildman–Crippen LogP) is 1.58. The minimum Gasteiger partial charge on any atom is -0.374 e. The Kier molecular flexibility index (Phi) is 2.17. The Morgan fingerprint density at radius 2 is 2.21 bits per heavy atom. The van der Waals surface area contributed by atoms with E-state index in [1.807, 2.05) is 6.92 Å². The second-order valence-corrected chi connectivity index (χ2v) is 3.01. The van der Waals surface area contributed by atoms with Crippen molar-refractivity contribution in [3.05, 3.63) is 30.0 Å². The third-order valence-corrected chi connectivity index (χ3v) is 2.11. The van der Waals surface area contributed by atoms with Crippen molar-refractivity contribution in [3.63, 3.8) is 0 Å². The SMILES string of the molecule is COC(C)c1nnc2ccc(F)cn12. The Morgan fingerprint density at radius 1 is 1.43 bits per heavy atom. The molecule has 0 bridgehead atoms. The molecule has 2 heterocycles. The highest BCUT2D eigenvalue weighted by Gasteiger charge is 2.12. The van der Waals surface area contributed by atoms with E-state index in [9.17, 15) is 4.39 Å². The fraction of sp³-hybridized carbons (Fsp3) is 0.333. The molecule has 2 aromatic rings. The Morgan fingerprint density at radius 3 is 2.93 bits per heavy atom. The summed E-state index contributed by atoms with van der Waals surface area (Å²) < 4.78 is 19.6. The van der Waals surface area contributed by atoms with Crippen LogP contribution in [0.25, 0.3) is 5.65 Å². The second-order valence-electron chi connectivity index (χ2n) is 3.01. The molecule has 0 fully saturated rings. The van der Waals surface area contributed by atoms with Crippen molar-refractivity contribution in [1.29, 1.82) is 0 Å². The summed E-state index contributed by atoms with van der Waals surface area (Å²) in [5, 5.41) is 7.82. The summed E-state index contributed by atoms with van der Waals surface area (Å²) in [7, 11) is 1.57. The first-order valence-electron chi connectivity index (χ1n) is 4.25. The van der Waals surface area contributed by atoms with Gasteiger partial charge in [-0.05, 0) is 19.1 Å². The van der Waals surface area contributed by atoms with Crippen molar-refractivity contribution in [2.24, 2.45) is 0 Å². The highest BCUT2D eigenvalue weighted by atomic mass is 19.1. The Labute approximate surface area is 80.3 Å². The first kappa shape index (κ1) is 9.08. The van der Waals surface area contributed by atoms with Gasteiger partial charge in [0.15, 0.2) is 11.5 Å². The molecule has 0 saturated carbocycles. The lowest BCUT2D eigenvalue weighted by Gasteiger charge is -2.06. The Hall–Kier alpha value is -1.49. The molecule has 0 aliphatic heterocycles. The van der Waals surface area contributed by atoms with E-state index in [1.165, 1.54) is 12.3 Å². The molecule has 0 saturated heterocycles. The number of methoxy groups -OCH3 is 1. The number of aromatic nitrogens is 3. The first-order chi connectivity index (χ1) is 6.72. The van der Waals surface area contributed by atoms with Crippen LogP contribution in [0.15, 0.2) is 18.3 Å². The van der Waals surface area contributed by atoms with Gasteiger partial charge in [0.25, 0.3) is 0 Å². The number of hydrogen-bond donors (Lipinski definition) is 0. The minimum atomic E-state index is -0.318. The number of halogens is 1. The van der Waals surface area contributed by atoms with E-state index in [0.29, 0.717) is 11.5 Å². The van der Waals surface area contributed by atoms with Crippen molar-refractivity contribution in [1.82, 2.24) is 14.6 Å². The van der Waals surface area contributed by atoms with Gasteiger partial charge in [-0.15, -0.1) is 10.2 Å². The summed E-state index contributed by atoms with van der Waals surface area (Å²) in [6.45, 7) is 1.83. The molecule has 2 aromatic heterocycles. The van der Waals surface area contributed by atoms with Gasteiger partial charge in [-0.25, -0.2) is 4.39 Å². The zero-order valence-corrected chi connectivity index (χ0v) is 7.94. The van der Waals surface area contributed by atoms with Gasteiger partial charge in [-0.2, -0.15) is 0 Å². The zero-order valence-electron chi connectivity index (χ0n) is 7.94. The summed E-state index contributed by atoms with van der Waals surface area (Å²) in [6, 6.07) is 2.93. The molecular weight excluding hydrogens is 185 g/mol. The predicted molar refractivity (Wildman–Crippen MR) is 48.4 cm³/mol. The number of ether oxygens (including phenoxy) is 1. The average Bonchev–Trinajstić information content (AvgIpc) is 2.59. The highest BCUT2D eigenvalue weighted by Crippen LogP contribution is 2.14. The number of pyridine rings is 1. The van der Waals surface area contributed by atoms with Crippen LogP contribution in [0, 0.1) is 5.82 Å². The topological polar surface area (TPSA) is 39.4 Å². The number of rotatable bonds is 2. The molecule has 0 spiro atoms. The van der Waals surface area contributed by atoms with E-state index in [2.05, 4.69) is 10.2 Å². The van der Waals surface area contributed by atoms with Crippen LogP contribution in [0.2, 0.25) is 0 Å². The second kappa shape index (κ2) is 3.34. The van der Waals surface area contributed by atoms with Gasteiger partial charge in [0.2, 0.25) is 0 Å². The third-order valence-electron chi connectivity index (χ3n) is 2.11. The van der Waals surface area contributed by atoms with Crippen LogP contribution in [0.4, 0.5) is 4.39 Å². The van der Waals surface area contributed by atoms with E-state index in [1.54, 1.807) is 17.6 Å². The van der Waals surface area contributed by atoms with Crippen molar-refractivity contribution in [3.8, 4) is 0 Å². The van der Waals surface area contributed by atoms with Crippen LogP contribution in [0.5, 0.6) is 0 Å². The van der Waals surface area contributed by atoms with Gasteiger partial charge in [-0.3, -0.25) is 4.40 Å². The van der Waals surface area contributed by atoms with Crippen LogP contribution in [-0.2, 0) is 4.74 Å².